The number of nitriles is 1. The quantitative estimate of drug-likeness (QED) is 0.844. The normalized spacial score (nSPS) is 21.5. The number of hydrogen-bond donors (Lipinski definition) is 1. The molecule has 1 N–H and O–H groups in total. The number of nitrogens with zero attached hydrogens (tertiary/aromatic N) is 1. The minimum Gasteiger partial charge on any atom is -0.212 e. The molecule has 0 amide bonds. The van der Waals surface area contributed by atoms with Crippen LogP contribution in [0.4, 0.5) is 0 Å². The Morgan fingerprint density at radius 3 is 2.00 bits per heavy atom. The molecule has 1 rings (SSSR count). The van der Waals surface area contributed by atoms with Crippen molar-refractivity contribution in [1.82, 2.24) is 4.72 Å². The minimum atomic E-state index is -3.37. The van der Waals surface area contributed by atoms with Crippen LogP contribution < -0.4 is 4.72 Å². The third-order valence-corrected chi connectivity index (χ3v) is 5.30. The maximum atomic E-state index is 11.9. The lowest BCUT2D eigenvalue weighted by Crippen LogP contribution is -2.49. The van der Waals surface area contributed by atoms with Gasteiger partial charge in [0.1, 0.15) is 5.54 Å². The molecule has 0 atom stereocenters. The summed E-state index contributed by atoms with van der Waals surface area (Å²) in [6.45, 7) is 3.27. The van der Waals surface area contributed by atoms with Crippen molar-refractivity contribution in [2.75, 3.05) is 0 Å². The molecule has 1 aliphatic rings. The monoisotopic (exact) mass is 258 g/mol. The van der Waals surface area contributed by atoms with Gasteiger partial charge in [-0.3, -0.25) is 0 Å². The first-order chi connectivity index (χ1) is 7.92. The van der Waals surface area contributed by atoms with Crippen molar-refractivity contribution in [3.63, 3.8) is 0 Å². The Bertz CT molecular complexity index is 374. The van der Waals surface area contributed by atoms with Gasteiger partial charge in [-0.2, -0.15) is 9.98 Å². The Labute approximate surface area is 104 Å². The van der Waals surface area contributed by atoms with Crippen molar-refractivity contribution in [3.8, 4) is 6.07 Å². The second-order valence-corrected chi connectivity index (χ2v) is 7.39. The molecule has 4 nitrogen and oxygen atoms in total. The van der Waals surface area contributed by atoms with E-state index < -0.39 is 20.8 Å². The first-order valence-electron chi connectivity index (χ1n) is 6.36. The number of sulfonamides is 1. The molecule has 0 saturated heterocycles. The highest BCUT2D eigenvalue weighted by Gasteiger charge is 2.35. The first-order valence-corrected chi connectivity index (χ1v) is 7.90. The molecular weight excluding hydrogens is 236 g/mol. The molecule has 1 saturated carbocycles. The molecule has 0 unspecified atom stereocenters. The highest BCUT2D eigenvalue weighted by molar-refractivity contribution is 7.90. The third kappa shape index (κ3) is 3.97. The largest absolute Gasteiger partial charge is 0.215 e. The predicted octanol–water partition coefficient (Wildman–Crippen LogP) is 2.32. The molecule has 0 heterocycles. The Hall–Kier alpha value is -0.600. The van der Waals surface area contributed by atoms with Gasteiger partial charge < -0.3 is 0 Å². The number of rotatable bonds is 3. The summed E-state index contributed by atoms with van der Waals surface area (Å²) in [5.41, 5.74) is -0.872. The van der Waals surface area contributed by atoms with Gasteiger partial charge in [0.05, 0.1) is 11.3 Å². The number of nitrogens with one attached hydrogen (secondary N) is 1. The molecule has 0 spiro atoms. The van der Waals surface area contributed by atoms with Gasteiger partial charge in [-0.05, 0) is 26.7 Å². The summed E-state index contributed by atoms with van der Waals surface area (Å²) in [4.78, 5) is 0. The first kappa shape index (κ1) is 14.5. The highest BCUT2D eigenvalue weighted by Crippen LogP contribution is 2.27. The van der Waals surface area contributed by atoms with Crippen LogP contribution in [0.5, 0.6) is 0 Å². The molecular formula is C12H22N2O2S. The van der Waals surface area contributed by atoms with E-state index >= 15 is 0 Å². The van der Waals surface area contributed by atoms with Gasteiger partial charge >= 0.3 is 0 Å². The Morgan fingerprint density at radius 1 is 1.12 bits per heavy atom. The van der Waals surface area contributed by atoms with E-state index in [1.54, 1.807) is 13.8 Å². The zero-order valence-corrected chi connectivity index (χ0v) is 11.5. The zero-order valence-electron chi connectivity index (χ0n) is 10.7. The van der Waals surface area contributed by atoms with E-state index in [0.717, 1.165) is 25.7 Å². The lowest BCUT2D eigenvalue weighted by molar-refractivity contribution is 0.356. The highest BCUT2D eigenvalue weighted by atomic mass is 32.2. The minimum absolute atomic E-state index is 0.488. The Kier molecular flexibility index (Phi) is 4.96. The van der Waals surface area contributed by atoms with Crippen molar-refractivity contribution in [2.24, 2.45) is 0 Å². The van der Waals surface area contributed by atoms with Crippen molar-refractivity contribution < 1.29 is 8.42 Å². The Morgan fingerprint density at radius 2 is 1.59 bits per heavy atom. The SMILES string of the molecule is CC(C)S(=O)(=O)NC1(C#N)CCCCCCC1. The van der Waals surface area contributed by atoms with E-state index in [1.807, 2.05) is 0 Å². The maximum absolute atomic E-state index is 11.9. The van der Waals surface area contributed by atoms with Gasteiger partial charge in [-0.1, -0.05) is 32.1 Å². The van der Waals surface area contributed by atoms with Gasteiger partial charge in [0.15, 0.2) is 0 Å². The molecule has 0 aliphatic heterocycles. The van der Waals surface area contributed by atoms with Crippen LogP contribution in [0.2, 0.25) is 0 Å². The standard InChI is InChI=1S/C12H22N2O2S/c1-11(2)17(15,16)14-12(10-13)8-6-4-3-5-7-9-12/h11,14H,3-9H2,1-2H3. The van der Waals surface area contributed by atoms with Gasteiger partial charge in [0.25, 0.3) is 0 Å². The average Bonchev–Trinajstić information content (AvgIpc) is 2.22. The van der Waals surface area contributed by atoms with Crippen LogP contribution in [0.15, 0.2) is 0 Å². The summed E-state index contributed by atoms with van der Waals surface area (Å²) in [5.74, 6) is 0. The van der Waals surface area contributed by atoms with E-state index in [-0.39, 0.29) is 0 Å². The van der Waals surface area contributed by atoms with Crippen LogP contribution in [0.1, 0.15) is 58.8 Å². The molecule has 0 radical (unpaired) electrons. The van der Waals surface area contributed by atoms with E-state index in [1.165, 1.54) is 6.42 Å². The summed E-state index contributed by atoms with van der Waals surface area (Å²) in [6.07, 6.45) is 6.49. The molecule has 0 aromatic carbocycles. The third-order valence-electron chi connectivity index (χ3n) is 3.38. The molecule has 17 heavy (non-hydrogen) atoms. The van der Waals surface area contributed by atoms with Crippen LogP contribution in [0, 0.1) is 11.3 Å². The Balaban J connectivity index is 2.84. The molecule has 5 heteroatoms. The predicted molar refractivity (Wildman–Crippen MR) is 67.9 cm³/mol. The topological polar surface area (TPSA) is 70.0 Å². The van der Waals surface area contributed by atoms with E-state index in [4.69, 9.17) is 0 Å². The molecule has 1 fully saturated rings. The zero-order chi connectivity index (χ0) is 12.9. The van der Waals surface area contributed by atoms with Crippen molar-refractivity contribution in [3.05, 3.63) is 0 Å². The van der Waals surface area contributed by atoms with Crippen LogP contribution >= 0.6 is 0 Å². The summed E-state index contributed by atoms with van der Waals surface area (Å²) < 4.78 is 26.4. The van der Waals surface area contributed by atoms with Crippen LogP contribution in [0.3, 0.4) is 0 Å². The molecule has 98 valence electrons. The summed E-state index contributed by atoms with van der Waals surface area (Å²) in [7, 11) is -3.37. The van der Waals surface area contributed by atoms with E-state index in [2.05, 4.69) is 10.8 Å². The van der Waals surface area contributed by atoms with Gasteiger partial charge in [0, 0.05) is 0 Å². The van der Waals surface area contributed by atoms with Gasteiger partial charge in [0.2, 0.25) is 10.0 Å². The smallest absolute Gasteiger partial charge is 0.212 e. The van der Waals surface area contributed by atoms with Gasteiger partial charge in [-0.25, -0.2) is 8.42 Å². The number of hydrogen-bond acceptors (Lipinski definition) is 3. The van der Waals surface area contributed by atoms with Crippen LogP contribution in [-0.2, 0) is 10.0 Å². The van der Waals surface area contributed by atoms with Gasteiger partial charge in [-0.15, -0.1) is 0 Å². The molecule has 0 aromatic rings. The van der Waals surface area contributed by atoms with Crippen LogP contribution in [-0.4, -0.2) is 19.2 Å². The second-order valence-electron chi connectivity index (χ2n) is 5.16. The van der Waals surface area contributed by atoms with Crippen molar-refractivity contribution in [2.45, 2.75) is 69.6 Å². The maximum Gasteiger partial charge on any atom is 0.215 e. The molecule has 0 aromatic heterocycles. The lowest BCUT2D eigenvalue weighted by atomic mass is 9.86. The lowest BCUT2D eigenvalue weighted by Gasteiger charge is -2.30. The van der Waals surface area contributed by atoms with Crippen molar-refractivity contribution >= 4 is 10.0 Å². The second kappa shape index (κ2) is 5.83. The molecule has 0 bridgehead atoms. The summed E-state index contributed by atoms with van der Waals surface area (Å²) in [6, 6.07) is 2.21. The van der Waals surface area contributed by atoms with Crippen LogP contribution in [0.25, 0.3) is 0 Å². The fourth-order valence-electron chi connectivity index (χ4n) is 2.14. The summed E-state index contributed by atoms with van der Waals surface area (Å²) in [5, 5.41) is 8.84. The fourth-order valence-corrected chi connectivity index (χ4v) is 3.17. The van der Waals surface area contributed by atoms with E-state index in [9.17, 15) is 13.7 Å². The van der Waals surface area contributed by atoms with Crippen molar-refractivity contribution in [1.29, 1.82) is 5.26 Å². The van der Waals surface area contributed by atoms with E-state index in [0.29, 0.717) is 12.8 Å². The fraction of sp³-hybridized carbons (Fsp3) is 0.917. The average molecular weight is 258 g/mol. The molecule has 1 aliphatic carbocycles. The summed E-state index contributed by atoms with van der Waals surface area (Å²) >= 11 is 0.